The fraction of sp³-hybridized carbons (Fsp3) is 0.462. The third-order valence-electron chi connectivity index (χ3n) is 2.45. The monoisotopic (exact) mass is 235 g/mol. The minimum atomic E-state index is -0.408. The van der Waals surface area contributed by atoms with E-state index in [1.807, 2.05) is 51.9 Å². The Bertz CT molecular complexity index is 419. The first-order valence-electron chi connectivity index (χ1n) is 5.60. The van der Waals surface area contributed by atoms with Crippen molar-refractivity contribution in [2.75, 3.05) is 30.0 Å². The number of hydrogen-bond donors (Lipinski definition) is 2. The van der Waals surface area contributed by atoms with Gasteiger partial charge in [0.05, 0.1) is 11.4 Å². The highest BCUT2D eigenvalue weighted by Crippen LogP contribution is 2.26. The zero-order valence-electron chi connectivity index (χ0n) is 11.2. The molecule has 1 aromatic rings. The molecule has 0 radical (unpaired) electrons. The first-order valence-corrected chi connectivity index (χ1v) is 5.60. The summed E-state index contributed by atoms with van der Waals surface area (Å²) in [5, 5.41) is 2.85. The van der Waals surface area contributed by atoms with Gasteiger partial charge in [-0.3, -0.25) is 4.79 Å². The van der Waals surface area contributed by atoms with Crippen LogP contribution in [0, 0.1) is 5.41 Å². The maximum atomic E-state index is 11.8. The van der Waals surface area contributed by atoms with Crippen LogP contribution in [0.15, 0.2) is 18.2 Å². The SMILES string of the molecule is CN(C)c1ccc(NC(=O)C(C)(C)C)cc1N. The summed E-state index contributed by atoms with van der Waals surface area (Å²) in [6.07, 6.45) is 0. The van der Waals surface area contributed by atoms with Crippen molar-refractivity contribution >= 4 is 23.0 Å². The van der Waals surface area contributed by atoms with E-state index in [4.69, 9.17) is 5.73 Å². The van der Waals surface area contributed by atoms with Gasteiger partial charge in [0.25, 0.3) is 0 Å². The Morgan fingerprint density at radius 2 is 1.88 bits per heavy atom. The molecule has 0 aliphatic rings. The summed E-state index contributed by atoms with van der Waals surface area (Å²) in [6.45, 7) is 5.62. The van der Waals surface area contributed by atoms with Crippen molar-refractivity contribution in [1.82, 2.24) is 0 Å². The summed E-state index contributed by atoms with van der Waals surface area (Å²) in [5.74, 6) is -0.0190. The van der Waals surface area contributed by atoms with Gasteiger partial charge < -0.3 is 16.0 Å². The molecule has 17 heavy (non-hydrogen) atoms. The number of nitrogens with two attached hydrogens (primary N) is 1. The Morgan fingerprint density at radius 3 is 2.29 bits per heavy atom. The molecule has 94 valence electrons. The number of carbonyl (C=O) groups is 1. The molecule has 0 unspecified atom stereocenters. The summed E-state index contributed by atoms with van der Waals surface area (Å²) in [6, 6.07) is 5.53. The van der Waals surface area contributed by atoms with Crippen molar-refractivity contribution < 1.29 is 4.79 Å². The van der Waals surface area contributed by atoms with E-state index in [-0.39, 0.29) is 5.91 Å². The number of amides is 1. The van der Waals surface area contributed by atoms with Crippen molar-refractivity contribution in [1.29, 1.82) is 0 Å². The minimum absolute atomic E-state index is 0.0190. The molecular weight excluding hydrogens is 214 g/mol. The molecule has 0 aromatic heterocycles. The van der Waals surface area contributed by atoms with Gasteiger partial charge in [-0.05, 0) is 18.2 Å². The number of anilines is 3. The summed E-state index contributed by atoms with van der Waals surface area (Å²) in [7, 11) is 3.86. The number of hydrogen-bond acceptors (Lipinski definition) is 3. The molecule has 3 N–H and O–H groups in total. The third-order valence-corrected chi connectivity index (χ3v) is 2.45. The number of benzene rings is 1. The topological polar surface area (TPSA) is 58.4 Å². The molecule has 0 fully saturated rings. The van der Waals surface area contributed by atoms with Crippen LogP contribution in [-0.4, -0.2) is 20.0 Å². The van der Waals surface area contributed by atoms with E-state index in [1.54, 1.807) is 6.07 Å². The molecular formula is C13H21N3O. The fourth-order valence-electron chi connectivity index (χ4n) is 1.36. The van der Waals surface area contributed by atoms with Crippen molar-refractivity contribution in [3.8, 4) is 0 Å². The normalized spacial score (nSPS) is 11.1. The molecule has 1 aromatic carbocycles. The van der Waals surface area contributed by atoms with Gasteiger partial charge in [0.2, 0.25) is 5.91 Å². The van der Waals surface area contributed by atoms with Crippen LogP contribution in [0.4, 0.5) is 17.1 Å². The Kier molecular flexibility index (Phi) is 3.66. The number of nitrogens with one attached hydrogen (secondary N) is 1. The summed E-state index contributed by atoms with van der Waals surface area (Å²) in [4.78, 5) is 13.7. The zero-order valence-corrected chi connectivity index (χ0v) is 11.2. The molecule has 0 spiro atoms. The van der Waals surface area contributed by atoms with Crippen molar-refractivity contribution in [2.24, 2.45) is 5.41 Å². The smallest absolute Gasteiger partial charge is 0.229 e. The largest absolute Gasteiger partial charge is 0.397 e. The zero-order chi connectivity index (χ0) is 13.2. The Morgan fingerprint density at radius 1 is 1.29 bits per heavy atom. The van der Waals surface area contributed by atoms with Gasteiger partial charge in [0, 0.05) is 25.2 Å². The van der Waals surface area contributed by atoms with Gasteiger partial charge in [0.15, 0.2) is 0 Å². The maximum Gasteiger partial charge on any atom is 0.229 e. The van der Waals surface area contributed by atoms with Gasteiger partial charge in [0.1, 0.15) is 0 Å². The van der Waals surface area contributed by atoms with Crippen molar-refractivity contribution in [3.63, 3.8) is 0 Å². The second-order valence-corrected chi connectivity index (χ2v) is 5.37. The molecule has 0 aliphatic heterocycles. The molecule has 0 aliphatic carbocycles. The summed E-state index contributed by atoms with van der Waals surface area (Å²) >= 11 is 0. The Hall–Kier alpha value is -1.71. The van der Waals surface area contributed by atoms with Crippen LogP contribution in [0.2, 0.25) is 0 Å². The third kappa shape index (κ3) is 3.37. The van der Waals surface area contributed by atoms with E-state index in [2.05, 4.69) is 5.32 Å². The van der Waals surface area contributed by atoms with Crippen LogP contribution >= 0.6 is 0 Å². The summed E-state index contributed by atoms with van der Waals surface area (Å²) in [5.41, 5.74) is 7.83. The quantitative estimate of drug-likeness (QED) is 0.773. The second kappa shape index (κ2) is 4.65. The molecule has 1 rings (SSSR count). The lowest BCUT2D eigenvalue weighted by molar-refractivity contribution is -0.123. The van der Waals surface area contributed by atoms with E-state index in [1.165, 1.54) is 0 Å². The molecule has 4 heteroatoms. The van der Waals surface area contributed by atoms with Gasteiger partial charge in [-0.2, -0.15) is 0 Å². The molecule has 4 nitrogen and oxygen atoms in total. The molecule has 0 bridgehead atoms. The number of carbonyl (C=O) groups excluding carboxylic acids is 1. The van der Waals surface area contributed by atoms with Crippen LogP contribution in [0.25, 0.3) is 0 Å². The van der Waals surface area contributed by atoms with E-state index < -0.39 is 5.41 Å². The molecule has 0 saturated heterocycles. The van der Waals surface area contributed by atoms with Gasteiger partial charge >= 0.3 is 0 Å². The molecule has 0 atom stereocenters. The van der Waals surface area contributed by atoms with E-state index >= 15 is 0 Å². The van der Waals surface area contributed by atoms with Crippen LogP contribution in [0.3, 0.4) is 0 Å². The maximum absolute atomic E-state index is 11.8. The fourth-order valence-corrected chi connectivity index (χ4v) is 1.36. The first-order chi connectivity index (χ1) is 7.71. The van der Waals surface area contributed by atoms with Crippen LogP contribution < -0.4 is 16.0 Å². The van der Waals surface area contributed by atoms with Gasteiger partial charge in [-0.15, -0.1) is 0 Å². The lowest BCUT2D eigenvalue weighted by atomic mass is 9.95. The predicted octanol–water partition coefficient (Wildman–Crippen LogP) is 2.32. The average molecular weight is 235 g/mol. The Labute approximate surface area is 103 Å². The molecule has 0 saturated carbocycles. The second-order valence-electron chi connectivity index (χ2n) is 5.37. The van der Waals surface area contributed by atoms with E-state index in [0.717, 1.165) is 11.4 Å². The Balaban J connectivity index is 2.89. The van der Waals surface area contributed by atoms with E-state index in [9.17, 15) is 4.79 Å². The van der Waals surface area contributed by atoms with Gasteiger partial charge in [-0.1, -0.05) is 20.8 Å². The number of nitrogen functional groups attached to an aromatic ring is 1. The van der Waals surface area contributed by atoms with Gasteiger partial charge in [-0.25, -0.2) is 0 Å². The van der Waals surface area contributed by atoms with Crippen molar-refractivity contribution in [2.45, 2.75) is 20.8 Å². The standard InChI is InChI=1S/C13H21N3O/c1-13(2,3)12(17)15-9-6-7-11(16(4)5)10(14)8-9/h6-8H,14H2,1-5H3,(H,15,17). The van der Waals surface area contributed by atoms with Crippen LogP contribution in [-0.2, 0) is 4.79 Å². The highest BCUT2D eigenvalue weighted by molar-refractivity contribution is 5.95. The van der Waals surface area contributed by atoms with Crippen LogP contribution in [0.5, 0.6) is 0 Å². The number of nitrogens with zero attached hydrogens (tertiary/aromatic N) is 1. The summed E-state index contributed by atoms with van der Waals surface area (Å²) < 4.78 is 0. The highest BCUT2D eigenvalue weighted by Gasteiger charge is 2.21. The highest BCUT2D eigenvalue weighted by atomic mass is 16.2. The number of rotatable bonds is 2. The lowest BCUT2D eigenvalue weighted by Gasteiger charge is -2.19. The molecule has 1 amide bonds. The molecule has 0 heterocycles. The minimum Gasteiger partial charge on any atom is -0.397 e. The van der Waals surface area contributed by atoms with Crippen molar-refractivity contribution in [3.05, 3.63) is 18.2 Å². The predicted molar refractivity (Wildman–Crippen MR) is 73.3 cm³/mol. The average Bonchev–Trinajstić information content (AvgIpc) is 2.15. The van der Waals surface area contributed by atoms with Crippen LogP contribution in [0.1, 0.15) is 20.8 Å². The lowest BCUT2D eigenvalue weighted by Crippen LogP contribution is -2.27. The van der Waals surface area contributed by atoms with E-state index in [0.29, 0.717) is 5.69 Å². The first kappa shape index (κ1) is 13.4.